The van der Waals surface area contributed by atoms with Gasteiger partial charge in [0.05, 0.1) is 6.07 Å². The van der Waals surface area contributed by atoms with Crippen molar-refractivity contribution in [2.75, 3.05) is 5.75 Å². The van der Waals surface area contributed by atoms with Crippen LogP contribution in [0.15, 0.2) is 27.8 Å². The van der Waals surface area contributed by atoms with E-state index in [1.807, 2.05) is 19.1 Å². The molecule has 0 aromatic carbocycles. The quantitative estimate of drug-likeness (QED) is 0.601. The van der Waals surface area contributed by atoms with E-state index in [4.69, 9.17) is 0 Å². The molecule has 3 nitrogen and oxygen atoms in total. The normalized spacial score (nSPS) is 14.1. The van der Waals surface area contributed by atoms with Crippen molar-refractivity contribution in [3.05, 3.63) is 22.8 Å². The fourth-order valence-electron chi connectivity index (χ4n) is 1.87. The summed E-state index contributed by atoms with van der Waals surface area (Å²) < 4.78 is 1.03. The van der Waals surface area contributed by atoms with Gasteiger partial charge in [-0.2, -0.15) is 5.26 Å². The number of thioether (sulfide) groups is 1. The summed E-state index contributed by atoms with van der Waals surface area (Å²) in [4.78, 5) is 4.32. The third-order valence-corrected chi connectivity index (χ3v) is 4.63. The predicted molar refractivity (Wildman–Crippen MR) is 84.2 cm³/mol. The van der Waals surface area contributed by atoms with Gasteiger partial charge in [-0.1, -0.05) is 0 Å². The van der Waals surface area contributed by atoms with Crippen LogP contribution in [0.1, 0.15) is 33.6 Å². The Morgan fingerprint density at radius 1 is 1.58 bits per heavy atom. The molecule has 0 aliphatic heterocycles. The summed E-state index contributed by atoms with van der Waals surface area (Å²) in [6, 6.07) is 6.60. The maximum atomic E-state index is 9.26. The number of pyridine rings is 1. The molecule has 1 rings (SSSR count). The molecular weight excluding hydrogens is 322 g/mol. The molecule has 0 aliphatic rings. The summed E-state index contributed by atoms with van der Waals surface area (Å²) in [6.45, 7) is 6.10. The summed E-state index contributed by atoms with van der Waals surface area (Å²) in [5, 5.41) is 13.6. The highest BCUT2D eigenvalue weighted by atomic mass is 79.9. The molecular formula is C14H20BrN3S. The van der Waals surface area contributed by atoms with Crippen molar-refractivity contribution in [3.63, 3.8) is 0 Å². The van der Waals surface area contributed by atoms with Gasteiger partial charge in [0.2, 0.25) is 0 Å². The molecule has 0 fully saturated rings. The van der Waals surface area contributed by atoms with E-state index in [-0.39, 0.29) is 0 Å². The number of nitrogens with one attached hydrogen (secondary N) is 1. The SMILES string of the molecule is CC(C)NC(C)(C#N)CCCSc1ncccc1Br. The minimum Gasteiger partial charge on any atom is -0.297 e. The maximum Gasteiger partial charge on any atom is 0.110 e. The van der Waals surface area contributed by atoms with Crippen molar-refractivity contribution in [1.29, 1.82) is 5.26 Å². The molecule has 0 amide bonds. The Morgan fingerprint density at radius 2 is 2.32 bits per heavy atom. The van der Waals surface area contributed by atoms with Crippen LogP contribution in [0, 0.1) is 11.3 Å². The predicted octanol–water partition coefficient (Wildman–Crippen LogP) is 4.00. The van der Waals surface area contributed by atoms with Crippen LogP contribution in [0.4, 0.5) is 0 Å². The highest BCUT2D eigenvalue weighted by Crippen LogP contribution is 2.26. The number of nitriles is 1. The van der Waals surface area contributed by atoms with Gasteiger partial charge in [-0.15, -0.1) is 11.8 Å². The number of rotatable bonds is 7. The van der Waals surface area contributed by atoms with Crippen molar-refractivity contribution < 1.29 is 0 Å². The Labute approximate surface area is 128 Å². The van der Waals surface area contributed by atoms with E-state index in [1.54, 1.807) is 18.0 Å². The molecule has 0 aliphatic carbocycles. The van der Waals surface area contributed by atoms with Crippen molar-refractivity contribution in [3.8, 4) is 6.07 Å². The smallest absolute Gasteiger partial charge is 0.110 e. The van der Waals surface area contributed by atoms with E-state index >= 15 is 0 Å². The molecule has 1 aromatic heterocycles. The van der Waals surface area contributed by atoms with Gasteiger partial charge in [0.1, 0.15) is 10.6 Å². The van der Waals surface area contributed by atoms with E-state index in [9.17, 15) is 5.26 Å². The molecule has 104 valence electrons. The van der Waals surface area contributed by atoms with E-state index in [0.29, 0.717) is 6.04 Å². The van der Waals surface area contributed by atoms with E-state index < -0.39 is 5.54 Å². The molecule has 1 unspecified atom stereocenters. The average Bonchev–Trinajstić information content (AvgIpc) is 2.36. The zero-order valence-electron chi connectivity index (χ0n) is 11.6. The van der Waals surface area contributed by atoms with E-state index in [2.05, 4.69) is 46.1 Å². The summed E-state index contributed by atoms with van der Waals surface area (Å²) in [7, 11) is 0. The van der Waals surface area contributed by atoms with Crippen LogP contribution in [-0.2, 0) is 0 Å². The zero-order chi connectivity index (χ0) is 14.3. The van der Waals surface area contributed by atoms with Crippen molar-refractivity contribution >= 4 is 27.7 Å². The molecule has 5 heteroatoms. The van der Waals surface area contributed by atoms with Gasteiger partial charge < -0.3 is 0 Å². The first-order valence-electron chi connectivity index (χ1n) is 6.39. The van der Waals surface area contributed by atoms with Crippen LogP contribution in [0.3, 0.4) is 0 Å². The molecule has 0 saturated heterocycles. The summed E-state index contributed by atoms with van der Waals surface area (Å²) in [6.07, 6.45) is 3.63. The Morgan fingerprint density at radius 3 is 2.89 bits per heavy atom. The van der Waals surface area contributed by atoms with Crippen LogP contribution in [0.25, 0.3) is 0 Å². The number of hydrogen-bond donors (Lipinski definition) is 1. The van der Waals surface area contributed by atoms with Gasteiger partial charge in [-0.05, 0) is 67.4 Å². The van der Waals surface area contributed by atoms with Crippen molar-refractivity contribution in [2.45, 2.75) is 50.2 Å². The third-order valence-electron chi connectivity index (χ3n) is 2.64. The summed E-state index contributed by atoms with van der Waals surface area (Å²) >= 11 is 5.21. The van der Waals surface area contributed by atoms with E-state index in [0.717, 1.165) is 28.1 Å². The monoisotopic (exact) mass is 341 g/mol. The molecule has 1 aromatic rings. The second-order valence-corrected chi connectivity index (χ2v) is 6.92. The summed E-state index contributed by atoms with van der Waals surface area (Å²) in [5.41, 5.74) is -0.434. The second-order valence-electron chi connectivity index (χ2n) is 4.99. The van der Waals surface area contributed by atoms with Crippen molar-refractivity contribution in [2.24, 2.45) is 0 Å². The van der Waals surface area contributed by atoms with Gasteiger partial charge in [-0.3, -0.25) is 5.32 Å². The first kappa shape index (κ1) is 16.5. The molecule has 1 N–H and O–H groups in total. The number of hydrogen-bond acceptors (Lipinski definition) is 4. The average molecular weight is 342 g/mol. The summed E-state index contributed by atoms with van der Waals surface area (Å²) in [5.74, 6) is 0.965. The van der Waals surface area contributed by atoms with Crippen LogP contribution < -0.4 is 5.32 Å². The standard InChI is InChI=1S/C14H20BrN3S/c1-11(2)18-14(3,10-16)7-5-9-19-13-12(15)6-4-8-17-13/h4,6,8,11,18H,5,7,9H2,1-3H3. The van der Waals surface area contributed by atoms with Gasteiger partial charge in [0.25, 0.3) is 0 Å². The van der Waals surface area contributed by atoms with Crippen LogP contribution in [0.2, 0.25) is 0 Å². The second kappa shape index (κ2) is 7.88. The Bertz CT molecular complexity index is 445. The fraction of sp³-hybridized carbons (Fsp3) is 0.571. The largest absolute Gasteiger partial charge is 0.297 e. The minimum absolute atomic E-state index is 0.322. The number of nitrogens with zero attached hydrogens (tertiary/aromatic N) is 2. The molecule has 1 atom stereocenters. The van der Waals surface area contributed by atoms with Crippen LogP contribution in [-0.4, -0.2) is 22.3 Å². The molecule has 0 radical (unpaired) electrons. The third kappa shape index (κ3) is 5.94. The molecule has 0 bridgehead atoms. The van der Waals surface area contributed by atoms with E-state index in [1.165, 1.54) is 0 Å². The lowest BCUT2D eigenvalue weighted by Gasteiger charge is -2.25. The zero-order valence-corrected chi connectivity index (χ0v) is 14.0. The number of halogens is 1. The maximum absolute atomic E-state index is 9.26. The Hall–Kier alpha value is -0.570. The Balaban J connectivity index is 2.38. The van der Waals surface area contributed by atoms with Crippen molar-refractivity contribution in [1.82, 2.24) is 10.3 Å². The van der Waals surface area contributed by atoms with Crippen LogP contribution in [0.5, 0.6) is 0 Å². The van der Waals surface area contributed by atoms with Crippen LogP contribution >= 0.6 is 27.7 Å². The Kier molecular flexibility index (Phi) is 6.84. The highest BCUT2D eigenvalue weighted by molar-refractivity contribution is 9.10. The lowest BCUT2D eigenvalue weighted by Crippen LogP contribution is -2.44. The topological polar surface area (TPSA) is 48.7 Å². The first-order valence-corrected chi connectivity index (χ1v) is 8.17. The van der Waals surface area contributed by atoms with Gasteiger partial charge in [0.15, 0.2) is 0 Å². The lowest BCUT2D eigenvalue weighted by atomic mass is 9.97. The molecule has 0 spiro atoms. The lowest BCUT2D eigenvalue weighted by molar-refractivity contribution is 0.380. The first-order chi connectivity index (χ1) is 8.97. The fourth-order valence-corrected chi connectivity index (χ4v) is 3.29. The van der Waals surface area contributed by atoms with Gasteiger partial charge in [-0.25, -0.2) is 4.98 Å². The van der Waals surface area contributed by atoms with Gasteiger partial charge >= 0.3 is 0 Å². The minimum atomic E-state index is -0.434. The molecule has 0 saturated carbocycles. The molecule has 1 heterocycles. The van der Waals surface area contributed by atoms with Gasteiger partial charge in [0, 0.05) is 16.7 Å². The highest BCUT2D eigenvalue weighted by Gasteiger charge is 2.23. The molecule has 19 heavy (non-hydrogen) atoms. The number of aromatic nitrogens is 1.